The number of aliphatic hydroxyl groups is 2. The Morgan fingerprint density at radius 3 is 2.38 bits per heavy atom. The van der Waals surface area contributed by atoms with Gasteiger partial charge in [0, 0.05) is 6.61 Å². The molecule has 78 valence electrons. The summed E-state index contributed by atoms with van der Waals surface area (Å²) in [6.45, 7) is 1.80. The molecule has 2 atom stereocenters. The fourth-order valence-electron chi connectivity index (χ4n) is 1.24. The fraction of sp³-hybridized carbons (Fsp3) is 0.889. The molecule has 4 heteroatoms. The van der Waals surface area contributed by atoms with Crippen LogP contribution >= 0.6 is 0 Å². The van der Waals surface area contributed by atoms with Gasteiger partial charge in [-0.1, -0.05) is 19.8 Å². The predicted molar refractivity (Wildman–Crippen MR) is 48.4 cm³/mol. The summed E-state index contributed by atoms with van der Waals surface area (Å²) < 4.78 is 0. The average Bonchev–Trinajstić information content (AvgIpc) is 2.05. The Balaban J connectivity index is 3.99. The van der Waals surface area contributed by atoms with E-state index in [1.54, 1.807) is 0 Å². The predicted octanol–water partition coefficient (Wildman–Crippen LogP) is 0.621. The van der Waals surface area contributed by atoms with E-state index in [2.05, 4.69) is 0 Å². The summed E-state index contributed by atoms with van der Waals surface area (Å²) in [5.74, 6) is -1.71. The minimum Gasteiger partial charge on any atom is -0.481 e. The highest BCUT2D eigenvalue weighted by Gasteiger charge is 2.24. The van der Waals surface area contributed by atoms with Crippen molar-refractivity contribution in [2.24, 2.45) is 5.92 Å². The summed E-state index contributed by atoms with van der Waals surface area (Å²) in [4.78, 5) is 10.7. The second kappa shape index (κ2) is 6.86. The van der Waals surface area contributed by atoms with Crippen LogP contribution in [0.2, 0.25) is 0 Å². The van der Waals surface area contributed by atoms with Gasteiger partial charge in [-0.3, -0.25) is 4.79 Å². The molecule has 0 aromatic heterocycles. The number of aliphatic hydroxyl groups excluding tert-OH is 2. The average molecular weight is 190 g/mol. The number of rotatable bonds is 7. The zero-order chi connectivity index (χ0) is 10.3. The smallest absolute Gasteiger partial charge is 0.309 e. The Bertz CT molecular complexity index is 147. The zero-order valence-electron chi connectivity index (χ0n) is 7.94. The Kier molecular flexibility index (Phi) is 6.54. The molecule has 0 aliphatic rings. The molecule has 0 aromatic rings. The van der Waals surface area contributed by atoms with Gasteiger partial charge in [0.2, 0.25) is 0 Å². The lowest BCUT2D eigenvalue weighted by Gasteiger charge is -2.17. The summed E-state index contributed by atoms with van der Waals surface area (Å²) in [7, 11) is 0. The van der Waals surface area contributed by atoms with Gasteiger partial charge in [-0.05, 0) is 12.8 Å². The molecule has 0 heterocycles. The lowest BCUT2D eigenvalue weighted by Crippen LogP contribution is -2.28. The van der Waals surface area contributed by atoms with Gasteiger partial charge in [-0.25, -0.2) is 0 Å². The first kappa shape index (κ1) is 12.4. The molecule has 2 unspecified atom stereocenters. The molecule has 0 saturated heterocycles. The minimum absolute atomic E-state index is 0.140. The van der Waals surface area contributed by atoms with E-state index in [4.69, 9.17) is 10.2 Å². The van der Waals surface area contributed by atoms with Gasteiger partial charge in [0.15, 0.2) is 0 Å². The Labute approximate surface area is 78.2 Å². The third-order valence-corrected chi connectivity index (χ3v) is 2.08. The van der Waals surface area contributed by atoms with Crippen molar-refractivity contribution in [3.63, 3.8) is 0 Å². The van der Waals surface area contributed by atoms with E-state index in [-0.39, 0.29) is 13.0 Å². The van der Waals surface area contributed by atoms with Crippen LogP contribution in [0.15, 0.2) is 0 Å². The molecule has 0 fully saturated rings. The van der Waals surface area contributed by atoms with Crippen LogP contribution in [-0.4, -0.2) is 34.0 Å². The number of carboxylic acid groups (broad SMARTS) is 1. The second-order valence-corrected chi connectivity index (χ2v) is 3.17. The van der Waals surface area contributed by atoms with E-state index in [0.29, 0.717) is 6.42 Å². The lowest BCUT2D eigenvalue weighted by atomic mass is 9.94. The van der Waals surface area contributed by atoms with E-state index in [1.165, 1.54) is 0 Å². The maximum absolute atomic E-state index is 10.7. The molecule has 0 spiro atoms. The Morgan fingerprint density at radius 1 is 1.38 bits per heavy atom. The van der Waals surface area contributed by atoms with Crippen molar-refractivity contribution >= 4 is 5.97 Å². The van der Waals surface area contributed by atoms with Crippen LogP contribution in [0, 0.1) is 5.92 Å². The maximum Gasteiger partial charge on any atom is 0.309 e. The van der Waals surface area contributed by atoms with Gasteiger partial charge in [-0.2, -0.15) is 0 Å². The molecule has 0 aliphatic carbocycles. The van der Waals surface area contributed by atoms with E-state index in [1.807, 2.05) is 6.92 Å². The first-order valence-electron chi connectivity index (χ1n) is 4.65. The van der Waals surface area contributed by atoms with Crippen molar-refractivity contribution in [2.75, 3.05) is 6.61 Å². The van der Waals surface area contributed by atoms with Gasteiger partial charge in [-0.15, -0.1) is 0 Å². The van der Waals surface area contributed by atoms with Gasteiger partial charge in [0.25, 0.3) is 0 Å². The molecule has 0 rings (SSSR count). The van der Waals surface area contributed by atoms with Crippen LogP contribution in [0.3, 0.4) is 0 Å². The van der Waals surface area contributed by atoms with Gasteiger partial charge < -0.3 is 15.3 Å². The third-order valence-electron chi connectivity index (χ3n) is 2.08. The lowest BCUT2D eigenvalue weighted by molar-refractivity contribution is -0.146. The van der Waals surface area contributed by atoms with Crippen molar-refractivity contribution in [2.45, 2.75) is 38.7 Å². The van der Waals surface area contributed by atoms with Crippen molar-refractivity contribution in [1.82, 2.24) is 0 Å². The molecule has 3 N–H and O–H groups in total. The molecular formula is C9H18O4. The van der Waals surface area contributed by atoms with Gasteiger partial charge >= 0.3 is 5.97 Å². The van der Waals surface area contributed by atoms with Gasteiger partial charge in [0.05, 0.1) is 12.0 Å². The molecule has 0 aromatic carbocycles. The summed E-state index contributed by atoms with van der Waals surface area (Å²) in [6.07, 6.45) is 1.40. The third kappa shape index (κ3) is 4.85. The van der Waals surface area contributed by atoms with Crippen LogP contribution in [0.25, 0.3) is 0 Å². The molecule has 0 saturated carbocycles. The first-order valence-corrected chi connectivity index (χ1v) is 4.65. The Morgan fingerprint density at radius 2 is 2.00 bits per heavy atom. The highest BCUT2D eigenvalue weighted by molar-refractivity contribution is 5.70. The highest BCUT2D eigenvalue weighted by atomic mass is 16.4. The molecule has 13 heavy (non-hydrogen) atoms. The Hall–Kier alpha value is -0.610. The largest absolute Gasteiger partial charge is 0.481 e. The minimum atomic E-state index is -0.977. The standard InChI is InChI=1S/C9H18O4/c1-2-3-4-7(9(12)13)8(11)5-6-10/h7-8,10-11H,2-6H2,1H3,(H,12,13). The number of hydrogen-bond acceptors (Lipinski definition) is 3. The van der Waals surface area contributed by atoms with Crippen molar-refractivity contribution < 1.29 is 20.1 Å². The summed E-state index contributed by atoms with van der Waals surface area (Å²) in [6, 6.07) is 0. The summed E-state index contributed by atoms with van der Waals surface area (Å²) in [5.41, 5.74) is 0. The normalized spacial score (nSPS) is 15.3. The second-order valence-electron chi connectivity index (χ2n) is 3.17. The molecular weight excluding hydrogens is 172 g/mol. The van der Waals surface area contributed by atoms with Crippen molar-refractivity contribution in [1.29, 1.82) is 0 Å². The number of hydrogen-bond donors (Lipinski definition) is 3. The first-order chi connectivity index (χ1) is 6.13. The molecule has 0 bridgehead atoms. The topological polar surface area (TPSA) is 77.8 Å². The van der Waals surface area contributed by atoms with Crippen LogP contribution in [0.5, 0.6) is 0 Å². The molecule has 0 amide bonds. The molecule has 0 radical (unpaired) electrons. The van der Waals surface area contributed by atoms with Crippen molar-refractivity contribution in [3.8, 4) is 0 Å². The number of unbranched alkanes of at least 4 members (excludes halogenated alkanes) is 1. The highest BCUT2D eigenvalue weighted by Crippen LogP contribution is 2.15. The van der Waals surface area contributed by atoms with Crippen molar-refractivity contribution in [3.05, 3.63) is 0 Å². The zero-order valence-corrected chi connectivity index (χ0v) is 7.94. The monoisotopic (exact) mass is 190 g/mol. The summed E-state index contributed by atoms with van der Waals surface area (Å²) >= 11 is 0. The molecule has 4 nitrogen and oxygen atoms in total. The van der Waals surface area contributed by atoms with E-state index in [9.17, 15) is 9.90 Å². The number of aliphatic carboxylic acids is 1. The number of carbonyl (C=O) groups is 1. The SMILES string of the molecule is CCCCC(C(=O)O)C(O)CCO. The summed E-state index contributed by atoms with van der Waals surface area (Å²) in [5, 5.41) is 26.7. The van der Waals surface area contributed by atoms with Crippen LogP contribution in [0.1, 0.15) is 32.6 Å². The molecule has 0 aliphatic heterocycles. The van der Waals surface area contributed by atoms with E-state index >= 15 is 0 Å². The quantitative estimate of drug-likeness (QED) is 0.550. The maximum atomic E-state index is 10.7. The van der Waals surface area contributed by atoms with Crippen LogP contribution in [-0.2, 0) is 4.79 Å². The van der Waals surface area contributed by atoms with Gasteiger partial charge in [0.1, 0.15) is 0 Å². The van der Waals surface area contributed by atoms with Crippen LogP contribution < -0.4 is 0 Å². The number of carboxylic acids is 1. The van der Waals surface area contributed by atoms with E-state index in [0.717, 1.165) is 12.8 Å². The van der Waals surface area contributed by atoms with E-state index < -0.39 is 18.0 Å². The van der Waals surface area contributed by atoms with Crippen LogP contribution in [0.4, 0.5) is 0 Å². The fourth-order valence-corrected chi connectivity index (χ4v) is 1.24.